The van der Waals surface area contributed by atoms with Crippen molar-refractivity contribution in [2.75, 3.05) is 0 Å². The molecule has 0 aliphatic rings. The maximum atomic E-state index is 10.7. The van der Waals surface area contributed by atoms with E-state index in [9.17, 15) is 4.79 Å². The van der Waals surface area contributed by atoms with Gasteiger partial charge in [-0.3, -0.25) is 4.79 Å². The second-order valence-electron chi connectivity index (χ2n) is 3.28. The maximum Gasteiger partial charge on any atom is 0.325 e. The van der Waals surface area contributed by atoms with Gasteiger partial charge in [0, 0.05) is 4.47 Å². The van der Waals surface area contributed by atoms with Crippen molar-refractivity contribution >= 4 is 21.9 Å². The van der Waals surface area contributed by atoms with Crippen molar-refractivity contribution in [3.05, 3.63) is 33.3 Å². The third kappa shape index (κ3) is 2.13. The molecule has 0 aromatic heterocycles. The Labute approximate surface area is 91.1 Å². The van der Waals surface area contributed by atoms with Crippen LogP contribution in [0.3, 0.4) is 0 Å². The van der Waals surface area contributed by atoms with Crippen molar-refractivity contribution < 1.29 is 9.90 Å². The highest BCUT2D eigenvalue weighted by atomic mass is 79.9. The van der Waals surface area contributed by atoms with E-state index in [1.165, 1.54) is 0 Å². The number of carboxylic acids is 1. The molecule has 0 radical (unpaired) electrons. The number of halogens is 1. The smallest absolute Gasteiger partial charge is 0.325 e. The molecule has 0 aliphatic carbocycles. The molecule has 0 fully saturated rings. The van der Waals surface area contributed by atoms with Gasteiger partial charge in [0.15, 0.2) is 0 Å². The van der Waals surface area contributed by atoms with E-state index in [0.29, 0.717) is 5.56 Å². The number of aliphatic carboxylic acids is 1. The van der Waals surface area contributed by atoms with Crippen molar-refractivity contribution in [2.45, 2.75) is 19.9 Å². The first kappa shape index (κ1) is 11.2. The highest BCUT2D eigenvalue weighted by Crippen LogP contribution is 2.25. The highest BCUT2D eigenvalue weighted by Gasteiger charge is 2.17. The summed E-state index contributed by atoms with van der Waals surface area (Å²) in [5.41, 5.74) is 8.09. The molecule has 0 amide bonds. The predicted molar refractivity (Wildman–Crippen MR) is 58.2 cm³/mol. The average Bonchev–Trinajstić information content (AvgIpc) is 2.09. The Morgan fingerprint density at radius 1 is 1.50 bits per heavy atom. The van der Waals surface area contributed by atoms with E-state index in [-0.39, 0.29) is 0 Å². The van der Waals surface area contributed by atoms with Crippen molar-refractivity contribution in [2.24, 2.45) is 5.73 Å². The lowest BCUT2D eigenvalue weighted by Crippen LogP contribution is -2.21. The molecule has 1 aromatic carbocycles. The van der Waals surface area contributed by atoms with Gasteiger partial charge in [-0.25, -0.2) is 0 Å². The summed E-state index contributed by atoms with van der Waals surface area (Å²) in [5, 5.41) is 8.80. The van der Waals surface area contributed by atoms with E-state index >= 15 is 0 Å². The first-order valence-electron chi connectivity index (χ1n) is 4.18. The Bertz CT molecular complexity index is 377. The van der Waals surface area contributed by atoms with Crippen LogP contribution in [0.5, 0.6) is 0 Å². The van der Waals surface area contributed by atoms with Gasteiger partial charge in [-0.05, 0) is 36.6 Å². The number of nitrogens with two attached hydrogens (primary N) is 1. The van der Waals surface area contributed by atoms with E-state index in [1.54, 1.807) is 6.07 Å². The van der Waals surface area contributed by atoms with E-state index < -0.39 is 12.0 Å². The molecule has 0 saturated carbocycles. The quantitative estimate of drug-likeness (QED) is 0.854. The van der Waals surface area contributed by atoms with Gasteiger partial charge in [0.1, 0.15) is 6.04 Å². The molecule has 3 nitrogen and oxygen atoms in total. The van der Waals surface area contributed by atoms with Gasteiger partial charge in [0.2, 0.25) is 0 Å². The number of carbonyl (C=O) groups is 1. The van der Waals surface area contributed by atoms with Crippen LogP contribution in [0.4, 0.5) is 0 Å². The number of carboxylic acid groups (broad SMARTS) is 1. The number of hydrogen-bond donors (Lipinski definition) is 2. The van der Waals surface area contributed by atoms with Gasteiger partial charge < -0.3 is 10.8 Å². The minimum Gasteiger partial charge on any atom is -0.480 e. The largest absolute Gasteiger partial charge is 0.480 e. The fourth-order valence-corrected chi connectivity index (χ4v) is 1.89. The summed E-state index contributed by atoms with van der Waals surface area (Å²) in [7, 11) is 0. The van der Waals surface area contributed by atoms with Crippen LogP contribution in [0.1, 0.15) is 22.7 Å². The Morgan fingerprint density at radius 2 is 2.07 bits per heavy atom. The van der Waals surface area contributed by atoms with Gasteiger partial charge in [0.05, 0.1) is 0 Å². The van der Waals surface area contributed by atoms with Crippen LogP contribution in [0.25, 0.3) is 0 Å². The SMILES string of the molecule is Cc1cc(Br)c(C)c(C(N)C(=O)O)c1. The summed E-state index contributed by atoms with van der Waals surface area (Å²) in [6.07, 6.45) is 0. The number of rotatable bonds is 2. The zero-order chi connectivity index (χ0) is 10.9. The summed E-state index contributed by atoms with van der Waals surface area (Å²) < 4.78 is 0.893. The Kier molecular flexibility index (Phi) is 3.29. The monoisotopic (exact) mass is 257 g/mol. The molecular formula is C10H12BrNO2. The zero-order valence-corrected chi connectivity index (χ0v) is 9.63. The van der Waals surface area contributed by atoms with Gasteiger partial charge in [0.25, 0.3) is 0 Å². The average molecular weight is 258 g/mol. The molecule has 1 aromatic rings. The molecule has 1 unspecified atom stereocenters. The minimum absolute atomic E-state index is 0.657. The van der Waals surface area contributed by atoms with Crippen molar-refractivity contribution in [3.63, 3.8) is 0 Å². The lowest BCUT2D eigenvalue weighted by Gasteiger charge is -2.12. The predicted octanol–water partition coefficient (Wildman–Crippen LogP) is 2.15. The first-order valence-corrected chi connectivity index (χ1v) is 4.98. The zero-order valence-electron chi connectivity index (χ0n) is 8.04. The molecule has 1 atom stereocenters. The molecule has 14 heavy (non-hydrogen) atoms. The Morgan fingerprint density at radius 3 is 2.57 bits per heavy atom. The Hall–Kier alpha value is -0.870. The molecule has 3 N–H and O–H groups in total. The van der Waals surface area contributed by atoms with Crippen LogP contribution >= 0.6 is 15.9 Å². The Balaban J connectivity index is 3.26. The van der Waals surface area contributed by atoms with Crippen molar-refractivity contribution in [1.82, 2.24) is 0 Å². The molecule has 1 rings (SSSR count). The van der Waals surface area contributed by atoms with E-state index in [1.807, 2.05) is 19.9 Å². The maximum absolute atomic E-state index is 10.7. The fraction of sp³-hybridized carbons (Fsp3) is 0.300. The van der Waals surface area contributed by atoms with Crippen molar-refractivity contribution in [1.29, 1.82) is 0 Å². The minimum atomic E-state index is -1.01. The van der Waals surface area contributed by atoms with Crippen molar-refractivity contribution in [3.8, 4) is 0 Å². The van der Waals surface area contributed by atoms with Crippen LogP contribution in [-0.2, 0) is 4.79 Å². The molecule has 0 spiro atoms. The lowest BCUT2D eigenvalue weighted by molar-refractivity contribution is -0.138. The normalized spacial score (nSPS) is 12.6. The molecule has 0 aliphatic heterocycles. The first-order chi connectivity index (χ1) is 6.43. The molecule has 76 valence electrons. The van der Waals surface area contributed by atoms with Crippen LogP contribution in [0.2, 0.25) is 0 Å². The van der Waals surface area contributed by atoms with E-state index in [0.717, 1.165) is 15.6 Å². The van der Waals surface area contributed by atoms with E-state index in [4.69, 9.17) is 10.8 Å². The summed E-state index contributed by atoms with van der Waals surface area (Å²) in [5.74, 6) is -1.01. The molecule has 4 heteroatoms. The number of hydrogen-bond acceptors (Lipinski definition) is 2. The summed E-state index contributed by atoms with van der Waals surface area (Å²) in [4.78, 5) is 10.7. The lowest BCUT2D eigenvalue weighted by atomic mass is 10.00. The van der Waals surface area contributed by atoms with Gasteiger partial charge >= 0.3 is 5.97 Å². The third-order valence-corrected chi connectivity index (χ3v) is 2.95. The van der Waals surface area contributed by atoms with Crippen LogP contribution < -0.4 is 5.73 Å². The second kappa shape index (κ2) is 4.11. The number of benzene rings is 1. The molecule has 0 saturated heterocycles. The van der Waals surface area contributed by atoms with E-state index in [2.05, 4.69) is 15.9 Å². The van der Waals surface area contributed by atoms with Crippen LogP contribution in [0, 0.1) is 13.8 Å². The molecular weight excluding hydrogens is 246 g/mol. The van der Waals surface area contributed by atoms with Gasteiger partial charge in [-0.2, -0.15) is 0 Å². The standard InChI is InChI=1S/C10H12BrNO2/c1-5-3-7(9(12)10(13)14)6(2)8(11)4-5/h3-4,9H,12H2,1-2H3,(H,13,14). The summed E-state index contributed by atoms with van der Waals surface area (Å²) in [6.45, 7) is 3.75. The molecule has 0 heterocycles. The highest BCUT2D eigenvalue weighted by molar-refractivity contribution is 9.10. The van der Waals surface area contributed by atoms with Gasteiger partial charge in [-0.1, -0.05) is 22.0 Å². The fourth-order valence-electron chi connectivity index (χ4n) is 1.30. The topological polar surface area (TPSA) is 63.3 Å². The van der Waals surface area contributed by atoms with Crippen LogP contribution in [0.15, 0.2) is 16.6 Å². The second-order valence-corrected chi connectivity index (χ2v) is 4.13. The van der Waals surface area contributed by atoms with Crippen LogP contribution in [-0.4, -0.2) is 11.1 Å². The summed E-state index contributed by atoms with van der Waals surface area (Å²) in [6, 6.07) is 2.79. The molecule has 0 bridgehead atoms. The van der Waals surface area contributed by atoms with Gasteiger partial charge in [-0.15, -0.1) is 0 Å². The number of aryl methyl sites for hydroxylation is 1. The third-order valence-electron chi connectivity index (χ3n) is 2.13. The summed E-state index contributed by atoms with van der Waals surface area (Å²) >= 11 is 3.37.